The molecule has 0 aliphatic heterocycles. The van der Waals surface area contributed by atoms with E-state index in [9.17, 15) is 0 Å². The van der Waals surface area contributed by atoms with Crippen LogP contribution in [0.25, 0.3) is 0 Å². The molecule has 68 valence electrons. The SMILES string of the molecule is CC(N)c1ccn(C(C)(C)C)c1. The molecule has 2 N–H and O–H groups in total. The third-order valence-corrected chi connectivity index (χ3v) is 2.02. The summed E-state index contributed by atoms with van der Waals surface area (Å²) in [6.07, 6.45) is 4.20. The maximum absolute atomic E-state index is 5.76. The van der Waals surface area contributed by atoms with Gasteiger partial charge in [-0.1, -0.05) is 0 Å². The molecule has 0 spiro atoms. The van der Waals surface area contributed by atoms with E-state index in [0.29, 0.717) is 0 Å². The molecule has 0 aliphatic rings. The Hall–Kier alpha value is -0.760. The van der Waals surface area contributed by atoms with Crippen molar-refractivity contribution < 1.29 is 0 Å². The van der Waals surface area contributed by atoms with Crippen molar-refractivity contribution in [3.8, 4) is 0 Å². The van der Waals surface area contributed by atoms with Crippen molar-refractivity contribution in [2.24, 2.45) is 5.73 Å². The van der Waals surface area contributed by atoms with Crippen molar-refractivity contribution >= 4 is 0 Å². The first kappa shape index (κ1) is 9.33. The smallest absolute Gasteiger partial charge is 0.0355 e. The predicted molar refractivity (Wildman–Crippen MR) is 52.0 cm³/mol. The summed E-state index contributed by atoms with van der Waals surface area (Å²) in [5, 5.41) is 0. The first-order valence-electron chi connectivity index (χ1n) is 4.35. The van der Waals surface area contributed by atoms with E-state index >= 15 is 0 Å². The zero-order valence-corrected chi connectivity index (χ0v) is 8.33. The Labute approximate surface area is 74.4 Å². The monoisotopic (exact) mass is 166 g/mol. The Morgan fingerprint density at radius 3 is 2.25 bits per heavy atom. The number of nitrogens with two attached hydrogens (primary N) is 1. The van der Waals surface area contributed by atoms with Gasteiger partial charge in [-0.2, -0.15) is 0 Å². The maximum Gasteiger partial charge on any atom is 0.0355 e. The molecule has 0 saturated heterocycles. The summed E-state index contributed by atoms with van der Waals surface area (Å²) in [5.74, 6) is 0. The van der Waals surface area contributed by atoms with Crippen molar-refractivity contribution in [1.29, 1.82) is 0 Å². The minimum absolute atomic E-state index is 0.133. The van der Waals surface area contributed by atoms with Gasteiger partial charge in [0.2, 0.25) is 0 Å². The lowest BCUT2D eigenvalue weighted by Gasteiger charge is -2.21. The van der Waals surface area contributed by atoms with Gasteiger partial charge in [-0.15, -0.1) is 0 Å². The summed E-state index contributed by atoms with van der Waals surface area (Å²) in [6.45, 7) is 8.54. The number of rotatable bonds is 1. The van der Waals surface area contributed by atoms with Crippen molar-refractivity contribution in [3.63, 3.8) is 0 Å². The van der Waals surface area contributed by atoms with Crippen molar-refractivity contribution in [1.82, 2.24) is 4.57 Å². The van der Waals surface area contributed by atoms with Crippen molar-refractivity contribution in [2.75, 3.05) is 0 Å². The van der Waals surface area contributed by atoms with Gasteiger partial charge in [-0.3, -0.25) is 0 Å². The van der Waals surface area contributed by atoms with Crippen molar-refractivity contribution in [2.45, 2.75) is 39.3 Å². The molecule has 0 radical (unpaired) electrons. The second-order valence-corrected chi connectivity index (χ2v) is 4.31. The maximum atomic E-state index is 5.76. The summed E-state index contributed by atoms with van der Waals surface area (Å²) in [6, 6.07) is 2.21. The predicted octanol–water partition coefficient (Wildman–Crippen LogP) is 2.26. The Balaban J connectivity index is 2.92. The number of hydrogen-bond acceptors (Lipinski definition) is 1. The molecule has 2 nitrogen and oxygen atoms in total. The first-order chi connectivity index (χ1) is 5.41. The standard InChI is InChI=1S/C10H18N2/c1-8(11)9-5-6-12(7-9)10(2,3)4/h5-8H,11H2,1-4H3. The summed E-state index contributed by atoms with van der Waals surface area (Å²) >= 11 is 0. The third-order valence-electron chi connectivity index (χ3n) is 2.02. The normalized spacial score (nSPS) is 14.8. The molecule has 0 aromatic carbocycles. The van der Waals surface area contributed by atoms with Gasteiger partial charge >= 0.3 is 0 Å². The van der Waals surface area contributed by atoms with Gasteiger partial charge in [0.05, 0.1) is 0 Å². The molecule has 1 rings (SSSR count). The van der Waals surface area contributed by atoms with Crippen molar-refractivity contribution in [3.05, 3.63) is 24.0 Å². The average Bonchev–Trinajstić information content (AvgIpc) is 2.30. The minimum atomic E-state index is 0.133. The Kier molecular flexibility index (Phi) is 2.29. The van der Waals surface area contributed by atoms with Gasteiger partial charge in [0.1, 0.15) is 0 Å². The molecule has 1 aromatic heterocycles. The van der Waals surface area contributed by atoms with Crippen LogP contribution < -0.4 is 5.73 Å². The van der Waals surface area contributed by atoms with E-state index in [1.165, 1.54) is 5.56 Å². The lowest BCUT2D eigenvalue weighted by Crippen LogP contribution is -2.19. The van der Waals surface area contributed by atoms with Crippen LogP contribution in [0.4, 0.5) is 0 Å². The van der Waals surface area contributed by atoms with Gasteiger partial charge in [0, 0.05) is 24.0 Å². The van der Waals surface area contributed by atoms with E-state index in [-0.39, 0.29) is 11.6 Å². The van der Waals surface area contributed by atoms with E-state index < -0.39 is 0 Å². The Bertz CT molecular complexity index is 253. The molecule has 0 amide bonds. The van der Waals surface area contributed by atoms with Gasteiger partial charge in [-0.25, -0.2) is 0 Å². The highest BCUT2D eigenvalue weighted by Crippen LogP contribution is 2.18. The quantitative estimate of drug-likeness (QED) is 0.681. The fourth-order valence-corrected chi connectivity index (χ4v) is 1.10. The Morgan fingerprint density at radius 2 is 2.00 bits per heavy atom. The Morgan fingerprint density at radius 1 is 1.42 bits per heavy atom. The van der Waals surface area contributed by atoms with Crippen LogP contribution >= 0.6 is 0 Å². The summed E-state index contributed by atoms with van der Waals surface area (Å²) < 4.78 is 2.19. The molecule has 1 heterocycles. The summed E-state index contributed by atoms with van der Waals surface area (Å²) in [5.41, 5.74) is 7.12. The second-order valence-electron chi connectivity index (χ2n) is 4.31. The highest BCUT2D eigenvalue weighted by Gasteiger charge is 2.12. The van der Waals surface area contributed by atoms with Crippen LogP contribution in [0, 0.1) is 0 Å². The molecule has 0 fully saturated rings. The molecule has 0 saturated carbocycles. The third kappa shape index (κ3) is 1.89. The topological polar surface area (TPSA) is 30.9 Å². The molecular weight excluding hydrogens is 148 g/mol. The van der Waals surface area contributed by atoms with Gasteiger partial charge in [0.15, 0.2) is 0 Å². The molecule has 2 heteroatoms. The number of nitrogens with zero attached hydrogens (tertiary/aromatic N) is 1. The van der Waals surface area contributed by atoms with E-state index in [2.05, 4.69) is 43.8 Å². The zero-order valence-electron chi connectivity index (χ0n) is 8.33. The number of hydrogen-bond donors (Lipinski definition) is 1. The molecule has 12 heavy (non-hydrogen) atoms. The van der Waals surface area contributed by atoms with Crippen LogP contribution in [0.2, 0.25) is 0 Å². The molecular formula is C10H18N2. The molecule has 1 unspecified atom stereocenters. The molecule has 1 atom stereocenters. The van der Waals surface area contributed by atoms with E-state index in [4.69, 9.17) is 5.73 Å². The zero-order chi connectivity index (χ0) is 9.35. The molecule has 0 bridgehead atoms. The summed E-state index contributed by atoms with van der Waals surface area (Å²) in [7, 11) is 0. The second kappa shape index (κ2) is 2.94. The fraction of sp³-hybridized carbons (Fsp3) is 0.600. The summed E-state index contributed by atoms with van der Waals surface area (Å²) in [4.78, 5) is 0. The number of aromatic nitrogens is 1. The van der Waals surface area contributed by atoms with Gasteiger partial charge in [-0.05, 0) is 39.3 Å². The minimum Gasteiger partial charge on any atom is -0.349 e. The largest absolute Gasteiger partial charge is 0.349 e. The lowest BCUT2D eigenvalue weighted by molar-refractivity contribution is 0.397. The lowest BCUT2D eigenvalue weighted by atomic mass is 10.1. The van der Waals surface area contributed by atoms with Gasteiger partial charge < -0.3 is 10.3 Å². The highest BCUT2D eigenvalue weighted by molar-refractivity contribution is 5.15. The average molecular weight is 166 g/mol. The van der Waals surface area contributed by atoms with Gasteiger partial charge in [0.25, 0.3) is 0 Å². The van der Waals surface area contributed by atoms with Crippen LogP contribution in [-0.2, 0) is 5.54 Å². The highest BCUT2D eigenvalue weighted by atomic mass is 15.0. The van der Waals surface area contributed by atoms with Crippen LogP contribution in [0.1, 0.15) is 39.3 Å². The van der Waals surface area contributed by atoms with Crippen LogP contribution in [0.5, 0.6) is 0 Å². The van der Waals surface area contributed by atoms with Crippen LogP contribution in [0.3, 0.4) is 0 Å². The van der Waals surface area contributed by atoms with Crippen LogP contribution in [0.15, 0.2) is 18.5 Å². The first-order valence-corrected chi connectivity index (χ1v) is 4.35. The van der Waals surface area contributed by atoms with E-state index in [1.54, 1.807) is 0 Å². The molecule has 1 aromatic rings. The fourth-order valence-electron chi connectivity index (χ4n) is 1.10. The van der Waals surface area contributed by atoms with E-state index in [1.807, 2.05) is 6.92 Å². The molecule has 0 aliphatic carbocycles. The van der Waals surface area contributed by atoms with Crippen LogP contribution in [-0.4, -0.2) is 4.57 Å². The van der Waals surface area contributed by atoms with E-state index in [0.717, 1.165) is 0 Å².